The second-order valence-electron chi connectivity index (χ2n) is 4.77. The molecule has 1 aromatic rings. The van der Waals surface area contributed by atoms with Crippen molar-refractivity contribution < 1.29 is 45.3 Å². The topological polar surface area (TPSA) is 102 Å². The van der Waals surface area contributed by atoms with Crippen molar-refractivity contribution in [1.82, 2.24) is 4.90 Å². The molecule has 1 aliphatic rings. The van der Waals surface area contributed by atoms with Gasteiger partial charge in [-0.2, -0.15) is 0 Å². The van der Waals surface area contributed by atoms with Gasteiger partial charge < -0.3 is 27.4 Å². The average Bonchev–Trinajstić information content (AvgIpc) is 2.54. The van der Waals surface area contributed by atoms with Crippen LogP contribution < -0.4 is 50.7 Å². The number of piperazine rings is 1. The van der Waals surface area contributed by atoms with Gasteiger partial charge in [-0.15, -0.1) is 0 Å². The molecule has 138 valence electrons. The number of amides is 2. The Morgan fingerprint density at radius 2 is 1.56 bits per heavy atom. The summed E-state index contributed by atoms with van der Waals surface area (Å²) in [6.07, 6.45) is 0. The number of nitrogens with two attached hydrogens (primary N) is 2. The Morgan fingerprint density at radius 1 is 1.12 bits per heavy atom. The third-order valence-corrected chi connectivity index (χ3v) is 3.25. The molecule has 2 amide bonds. The number of rotatable bonds is 3. The van der Waals surface area contributed by atoms with Gasteiger partial charge >= 0.3 is 29.6 Å². The van der Waals surface area contributed by atoms with Crippen molar-refractivity contribution in [2.75, 3.05) is 44.7 Å². The van der Waals surface area contributed by atoms with Gasteiger partial charge in [0.2, 0.25) is 0 Å². The fourth-order valence-corrected chi connectivity index (χ4v) is 2.20. The van der Waals surface area contributed by atoms with E-state index in [1.54, 1.807) is 7.11 Å². The molecule has 4 N–H and O–H groups in total. The first-order valence-electron chi connectivity index (χ1n) is 7.38. The molecule has 0 bridgehead atoms. The molecule has 2 rings (SSSR count). The molecule has 0 atom stereocenters. The van der Waals surface area contributed by atoms with Gasteiger partial charge in [0.25, 0.3) is 10.5 Å². The normalized spacial score (nSPS) is 13.2. The van der Waals surface area contributed by atoms with E-state index in [1.807, 2.05) is 12.1 Å². The summed E-state index contributed by atoms with van der Waals surface area (Å²) in [4.78, 5) is 23.1. The molecule has 1 fully saturated rings. The van der Waals surface area contributed by atoms with Crippen LogP contribution in [-0.2, 0) is 0 Å². The molecule has 0 spiro atoms. The molecular formula is C15H27N4NaO3S2. The van der Waals surface area contributed by atoms with Crippen molar-refractivity contribution in [2.24, 2.45) is 11.5 Å². The maximum Gasteiger partial charge on any atom is 1.00 e. The number of hydrogen-bond acceptors (Lipinski definition) is 5. The summed E-state index contributed by atoms with van der Waals surface area (Å²) in [6, 6.07) is 8.26. The predicted molar refractivity (Wildman–Crippen MR) is 106 cm³/mol. The monoisotopic (exact) mass is 398 g/mol. The Morgan fingerprint density at radius 3 is 1.96 bits per heavy atom. The van der Waals surface area contributed by atoms with Gasteiger partial charge in [0.1, 0.15) is 5.75 Å². The second kappa shape index (κ2) is 15.7. The number of carbonyl (C=O) groups is 2. The minimum absolute atomic E-state index is 0. The molecule has 0 aliphatic carbocycles. The second-order valence-corrected chi connectivity index (χ2v) is 5.65. The van der Waals surface area contributed by atoms with Crippen LogP contribution >= 0.6 is 25.3 Å². The number of anilines is 1. The number of likely N-dealkylation sites (N-methyl/N-ethyl adjacent to an activating group) is 1. The summed E-state index contributed by atoms with van der Waals surface area (Å²) < 4.78 is 5.40. The van der Waals surface area contributed by atoms with Crippen molar-refractivity contribution in [2.45, 2.75) is 6.92 Å². The maximum absolute atomic E-state index is 9.09. The number of para-hydroxylation sites is 2. The molecule has 10 heteroatoms. The molecule has 25 heavy (non-hydrogen) atoms. The van der Waals surface area contributed by atoms with E-state index in [2.05, 4.69) is 65.6 Å². The van der Waals surface area contributed by atoms with E-state index in [0.717, 1.165) is 38.5 Å². The molecule has 0 saturated carbocycles. The van der Waals surface area contributed by atoms with E-state index < -0.39 is 10.5 Å². The van der Waals surface area contributed by atoms with Crippen LogP contribution in [0.25, 0.3) is 0 Å². The fourth-order valence-electron chi connectivity index (χ4n) is 2.20. The Bertz CT molecular complexity index is 501. The van der Waals surface area contributed by atoms with Gasteiger partial charge in [-0.1, -0.05) is 44.3 Å². The number of primary amides is 2. The number of benzene rings is 1. The SMILES string of the molecule is CCN1CCN(c2ccccc2OC)CC1.NC(=O)S.NC(=O)S.[H-].[Na+]. The van der Waals surface area contributed by atoms with Crippen LogP contribution in [0.2, 0.25) is 0 Å². The van der Waals surface area contributed by atoms with Crippen LogP contribution in [-0.4, -0.2) is 55.2 Å². The molecule has 7 nitrogen and oxygen atoms in total. The Hall–Kier alpha value is -0.580. The first-order chi connectivity index (χ1) is 11.3. The van der Waals surface area contributed by atoms with E-state index in [0.29, 0.717) is 0 Å². The minimum Gasteiger partial charge on any atom is -1.00 e. The molecule has 1 heterocycles. The van der Waals surface area contributed by atoms with Gasteiger partial charge in [0.15, 0.2) is 0 Å². The van der Waals surface area contributed by atoms with E-state index in [-0.39, 0.29) is 31.0 Å². The van der Waals surface area contributed by atoms with Crippen molar-refractivity contribution in [3.63, 3.8) is 0 Å². The number of hydrogen-bond donors (Lipinski definition) is 4. The zero-order chi connectivity index (χ0) is 18.5. The summed E-state index contributed by atoms with van der Waals surface area (Å²) in [5.41, 5.74) is 9.90. The number of carbonyl (C=O) groups excluding carboxylic acids is 2. The van der Waals surface area contributed by atoms with Crippen LogP contribution in [0.4, 0.5) is 15.3 Å². The van der Waals surface area contributed by atoms with Crippen LogP contribution in [0.15, 0.2) is 24.3 Å². The minimum atomic E-state index is -0.639. The van der Waals surface area contributed by atoms with Crippen molar-refractivity contribution in [1.29, 1.82) is 0 Å². The number of thiol groups is 2. The molecular weight excluding hydrogens is 371 g/mol. The van der Waals surface area contributed by atoms with Crippen LogP contribution in [0.5, 0.6) is 5.75 Å². The van der Waals surface area contributed by atoms with Crippen LogP contribution in [0.3, 0.4) is 0 Å². The standard InChI is InChI=1S/C13H20N2O.2CH3NOS.Na.H/c1-3-14-8-10-15(11-9-14)12-6-4-5-7-13(12)16-2;2*2-1(3)4;;/h4-7H,3,8-11H2,1-2H3;2*(H3,2,3,4);;/q;;;+1;-1. The van der Waals surface area contributed by atoms with E-state index in [9.17, 15) is 0 Å². The molecule has 1 aromatic carbocycles. The molecule has 0 aromatic heterocycles. The first-order valence-corrected chi connectivity index (χ1v) is 8.28. The smallest absolute Gasteiger partial charge is 1.00 e. The Kier molecular flexibility index (Phi) is 16.7. The van der Waals surface area contributed by atoms with Crippen LogP contribution in [0, 0.1) is 0 Å². The van der Waals surface area contributed by atoms with E-state index >= 15 is 0 Å². The quantitative estimate of drug-likeness (QED) is 0.384. The molecule has 1 aliphatic heterocycles. The van der Waals surface area contributed by atoms with Gasteiger partial charge in [0.05, 0.1) is 12.8 Å². The molecule has 0 radical (unpaired) electrons. The summed E-state index contributed by atoms with van der Waals surface area (Å²) in [6.45, 7) is 7.85. The number of methoxy groups -OCH3 is 1. The Labute approximate surface area is 184 Å². The zero-order valence-corrected chi connectivity index (χ0v) is 18.8. The number of nitrogens with zero attached hydrogens (tertiary/aromatic N) is 2. The maximum atomic E-state index is 9.09. The van der Waals surface area contributed by atoms with E-state index in [4.69, 9.17) is 14.3 Å². The van der Waals surface area contributed by atoms with Crippen LogP contribution in [0.1, 0.15) is 8.35 Å². The summed E-state index contributed by atoms with van der Waals surface area (Å²) >= 11 is 6.21. The van der Waals surface area contributed by atoms with Crippen molar-refractivity contribution in [3.8, 4) is 5.75 Å². The molecule has 1 saturated heterocycles. The summed E-state index contributed by atoms with van der Waals surface area (Å²) in [5.74, 6) is 0.979. The number of ether oxygens (including phenoxy) is 1. The van der Waals surface area contributed by atoms with Crippen molar-refractivity contribution in [3.05, 3.63) is 24.3 Å². The third kappa shape index (κ3) is 13.3. The van der Waals surface area contributed by atoms with Gasteiger partial charge in [-0.05, 0) is 18.7 Å². The van der Waals surface area contributed by atoms with Gasteiger partial charge in [-0.3, -0.25) is 9.59 Å². The molecule has 0 unspecified atom stereocenters. The summed E-state index contributed by atoms with van der Waals surface area (Å²) in [5, 5.41) is -1.28. The van der Waals surface area contributed by atoms with Gasteiger partial charge in [-0.25, -0.2) is 0 Å². The average molecular weight is 399 g/mol. The largest absolute Gasteiger partial charge is 1.00 e. The van der Waals surface area contributed by atoms with Gasteiger partial charge in [0, 0.05) is 26.2 Å². The third-order valence-electron chi connectivity index (χ3n) is 3.25. The fraction of sp³-hybridized carbons (Fsp3) is 0.467. The first kappa shape index (κ1) is 26.6. The zero-order valence-electron chi connectivity index (χ0n) is 16.0. The summed E-state index contributed by atoms with van der Waals surface area (Å²) in [7, 11) is 1.74. The van der Waals surface area contributed by atoms with Crippen molar-refractivity contribution >= 4 is 41.4 Å². The Balaban J connectivity index is -0.000000454. The predicted octanol–water partition coefficient (Wildman–Crippen LogP) is -1.06. The van der Waals surface area contributed by atoms with E-state index in [1.165, 1.54) is 5.69 Å².